The molecule has 4 rings (SSSR count). The van der Waals surface area contributed by atoms with Gasteiger partial charge in [0, 0.05) is 18.8 Å². The number of hydrogen-bond donors (Lipinski definition) is 1. The van der Waals surface area contributed by atoms with E-state index in [1.54, 1.807) is 0 Å². The third-order valence-electron chi connectivity index (χ3n) is 10.1. The van der Waals surface area contributed by atoms with Gasteiger partial charge in [-0.2, -0.15) is 0 Å². The Morgan fingerprint density at radius 1 is 1.18 bits per heavy atom. The van der Waals surface area contributed by atoms with Crippen molar-refractivity contribution >= 4 is 11.8 Å². The highest BCUT2D eigenvalue weighted by atomic mass is 16.4. The molecule has 4 aliphatic rings. The number of carbonyl (C=O) groups is 2. The fourth-order valence-corrected chi connectivity index (χ4v) is 8.53. The Morgan fingerprint density at radius 2 is 1.89 bits per heavy atom. The molecule has 4 nitrogen and oxygen atoms in total. The molecule has 0 saturated heterocycles. The molecule has 0 aromatic carbocycles. The number of carboxylic acid groups (broad SMARTS) is 1. The molecule has 0 spiro atoms. The number of aliphatic hydroxyl groups is 1. The standard InChI is InChI=1S/C24H38O4/c1-14(4-7-21(27)28)17-5-6-18-22-19(9-11-24(17,18)3)23(2)10-8-16(25)12-15(23)13-20(22)26/h14-15,17-20,22,26H,4-13H2,1-3H3,(H,27,28)/p-1/t14-,15+,17-,18+,19+,20+,22+,23+,24-/m1/s1. The molecule has 4 saturated carbocycles. The molecule has 4 aliphatic carbocycles. The van der Waals surface area contributed by atoms with Crippen LogP contribution in [0.4, 0.5) is 0 Å². The predicted octanol–water partition coefficient (Wildman–Crippen LogP) is 3.35. The molecule has 9 atom stereocenters. The van der Waals surface area contributed by atoms with Crippen LogP contribution in [0.5, 0.6) is 0 Å². The van der Waals surface area contributed by atoms with Crippen LogP contribution >= 0.6 is 0 Å². The lowest BCUT2D eigenvalue weighted by atomic mass is 9.44. The molecule has 158 valence electrons. The van der Waals surface area contributed by atoms with E-state index in [0.29, 0.717) is 54.1 Å². The SMILES string of the molecule is C[C@H](CCC(=O)[O-])[C@H]1CC[C@H]2[C@@H]3[C@@H](O)C[C@@H]4CC(=O)CC[C@]4(C)[C@H]3CC[C@]12C. The lowest BCUT2D eigenvalue weighted by Gasteiger charge is -2.62. The molecule has 0 bridgehead atoms. The molecule has 0 unspecified atom stereocenters. The van der Waals surface area contributed by atoms with E-state index in [-0.39, 0.29) is 23.4 Å². The van der Waals surface area contributed by atoms with E-state index in [0.717, 1.165) is 38.5 Å². The van der Waals surface area contributed by atoms with Gasteiger partial charge in [0.25, 0.3) is 0 Å². The summed E-state index contributed by atoms with van der Waals surface area (Å²) in [5.41, 5.74) is 0.416. The van der Waals surface area contributed by atoms with E-state index >= 15 is 0 Å². The molecule has 0 aromatic heterocycles. The van der Waals surface area contributed by atoms with Crippen LogP contribution in [-0.2, 0) is 9.59 Å². The van der Waals surface area contributed by atoms with Gasteiger partial charge < -0.3 is 15.0 Å². The molecule has 28 heavy (non-hydrogen) atoms. The van der Waals surface area contributed by atoms with Crippen molar-refractivity contribution in [1.29, 1.82) is 0 Å². The average Bonchev–Trinajstić information content (AvgIpc) is 2.98. The summed E-state index contributed by atoms with van der Waals surface area (Å²) in [7, 11) is 0. The number of carbonyl (C=O) groups excluding carboxylic acids is 2. The Kier molecular flexibility index (Phi) is 5.17. The first-order valence-corrected chi connectivity index (χ1v) is 11.6. The Balaban J connectivity index is 1.56. The fourth-order valence-electron chi connectivity index (χ4n) is 8.53. The number of fused-ring (bicyclic) bond motifs is 5. The summed E-state index contributed by atoms with van der Waals surface area (Å²) in [4.78, 5) is 23.0. The van der Waals surface area contributed by atoms with Crippen LogP contribution in [-0.4, -0.2) is 23.0 Å². The predicted molar refractivity (Wildman–Crippen MR) is 105 cm³/mol. The summed E-state index contributed by atoms with van der Waals surface area (Å²) in [6.07, 6.45) is 8.41. The number of hydrogen-bond acceptors (Lipinski definition) is 4. The maximum Gasteiger partial charge on any atom is 0.133 e. The first-order chi connectivity index (χ1) is 13.2. The van der Waals surface area contributed by atoms with Gasteiger partial charge in [-0.25, -0.2) is 0 Å². The molecule has 0 aromatic rings. The van der Waals surface area contributed by atoms with Crippen molar-refractivity contribution in [1.82, 2.24) is 0 Å². The van der Waals surface area contributed by atoms with Crippen LogP contribution in [0, 0.1) is 46.3 Å². The van der Waals surface area contributed by atoms with Gasteiger partial charge in [-0.15, -0.1) is 0 Å². The number of rotatable bonds is 4. The number of Topliss-reactive ketones (excluding diaryl/α,β-unsaturated/α-hetero) is 1. The molecule has 1 N–H and O–H groups in total. The maximum atomic E-state index is 12.1. The Hall–Kier alpha value is -0.900. The van der Waals surface area contributed by atoms with Gasteiger partial charge in [0.15, 0.2) is 0 Å². The minimum Gasteiger partial charge on any atom is -0.550 e. The fraction of sp³-hybridized carbons (Fsp3) is 0.917. The summed E-state index contributed by atoms with van der Waals surface area (Å²) in [6, 6.07) is 0. The molecule has 4 fully saturated rings. The van der Waals surface area contributed by atoms with Crippen molar-refractivity contribution in [3.8, 4) is 0 Å². The van der Waals surface area contributed by atoms with Crippen LogP contribution in [0.3, 0.4) is 0 Å². The molecule has 0 heterocycles. The van der Waals surface area contributed by atoms with Crippen LogP contribution in [0.2, 0.25) is 0 Å². The third kappa shape index (κ3) is 3.05. The van der Waals surface area contributed by atoms with E-state index in [9.17, 15) is 19.8 Å². The van der Waals surface area contributed by atoms with Gasteiger partial charge in [0.05, 0.1) is 6.10 Å². The lowest BCUT2D eigenvalue weighted by molar-refractivity contribution is -0.306. The average molecular weight is 390 g/mol. The van der Waals surface area contributed by atoms with Crippen LogP contribution in [0.25, 0.3) is 0 Å². The first-order valence-electron chi connectivity index (χ1n) is 11.6. The van der Waals surface area contributed by atoms with Gasteiger partial charge in [-0.3, -0.25) is 4.79 Å². The Morgan fingerprint density at radius 3 is 2.61 bits per heavy atom. The number of aliphatic carboxylic acids is 1. The summed E-state index contributed by atoms with van der Waals surface area (Å²) in [5.74, 6) is 2.15. The number of aliphatic hydroxyl groups excluding tert-OH is 1. The van der Waals surface area contributed by atoms with E-state index in [4.69, 9.17) is 0 Å². The number of ketones is 1. The van der Waals surface area contributed by atoms with Crippen molar-refractivity contribution in [2.45, 2.75) is 91.1 Å². The lowest BCUT2D eigenvalue weighted by Crippen LogP contribution is -2.58. The smallest absolute Gasteiger partial charge is 0.133 e. The van der Waals surface area contributed by atoms with Crippen molar-refractivity contribution in [3.63, 3.8) is 0 Å². The van der Waals surface area contributed by atoms with E-state index in [2.05, 4.69) is 20.8 Å². The van der Waals surface area contributed by atoms with E-state index in [1.165, 1.54) is 6.42 Å². The van der Waals surface area contributed by atoms with Crippen LogP contribution in [0.1, 0.15) is 85.0 Å². The number of carboxylic acids is 1. The molecule has 0 radical (unpaired) electrons. The first kappa shape index (κ1) is 20.4. The van der Waals surface area contributed by atoms with Gasteiger partial charge in [-0.05, 0) is 97.7 Å². The maximum absolute atomic E-state index is 12.1. The second-order valence-electron chi connectivity index (χ2n) is 11.2. The zero-order valence-corrected chi connectivity index (χ0v) is 17.8. The Bertz CT molecular complexity index is 645. The van der Waals surface area contributed by atoms with Crippen molar-refractivity contribution in [2.75, 3.05) is 0 Å². The molecule has 0 aliphatic heterocycles. The Labute approximate surface area is 169 Å². The highest BCUT2D eigenvalue weighted by molar-refractivity contribution is 5.79. The monoisotopic (exact) mass is 389 g/mol. The highest BCUT2D eigenvalue weighted by Crippen LogP contribution is 2.68. The minimum absolute atomic E-state index is 0.154. The van der Waals surface area contributed by atoms with Crippen molar-refractivity contribution < 1.29 is 19.8 Å². The quantitative estimate of drug-likeness (QED) is 0.800. The van der Waals surface area contributed by atoms with Gasteiger partial charge in [0.2, 0.25) is 0 Å². The summed E-state index contributed by atoms with van der Waals surface area (Å²) in [5, 5.41) is 22.1. The minimum atomic E-state index is -0.941. The topological polar surface area (TPSA) is 77.4 Å². The highest BCUT2D eigenvalue weighted by Gasteiger charge is 2.62. The van der Waals surface area contributed by atoms with Gasteiger partial charge >= 0.3 is 0 Å². The molecular formula is C24H37O4-. The second-order valence-corrected chi connectivity index (χ2v) is 11.2. The third-order valence-corrected chi connectivity index (χ3v) is 10.1. The summed E-state index contributed by atoms with van der Waals surface area (Å²) in [6.45, 7) is 7.05. The molecular weight excluding hydrogens is 352 g/mol. The normalized spacial score (nSPS) is 49.1. The van der Waals surface area contributed by atoms with Gasteiger partial charge in [0.1, 0.15) is 5.78 Å². The zero-order valence-electron chi connectivity index (χ0n) is 17.8. The summed E-state index contributed by atoms with van der Waals surface area (Å²) >= 11 is 0. The zero-order chi connectivity index (χ0) is 20.3. The van der Waals surface area contributed by atoms with E-state index < -0.39 is 5.97 Å². The van der Waals surface area contributed by atoms with Crippen LogP contribution < -0.4 is 5.11 Å². The second kappa shape index (κ2) is 7.11. The van der Waals surface area contributed by atoms with Gasteiger partial charge in [-0.1, -0.05) is 20.8 Å². The van der Waals surface area contributed by atoms with Crippen molar-refractivity contribution in [2.24, 2.45) is 46.3 Å². The molecule has 0 amide bonds. The van der Waals surface area contributed by atoms with Crippen molar-refractivity contribution in [3.05, 3.63) is 0 Å². The summed E-state index contributed by atoms with van der Waals surface area (Å²) < 4.78 is 0. The van der Waals surface area contributed by atoms with E-state index in [1.807, 2.05) is 0 Å². The molecule has 4 heteroatoms. The van der Waals surface area contributed by atoms with Crippen LogP contribution in [0.15, 0.2) is 0 Å². The largest absolute Gasteiger partial charge is 0.550 e.